The van der Waals surface area contributed by atoms with E-state index in [1.807, 2.05) is 34.9 Å². The zero-order valence-electron chi connectivity index (χ0n) is 10.5. The first-order chi connectivity index (χ1) is 8.58. The Hall–Kier alpha value is -2.10. The van der Waals surface area contributed by atoms with Gasteiger partial charge in [-0.2, -0.15) is 0 Å². The molecule has 1 atom stereocenters. The number of benzene rings is 1. The second-order valence-electron chi connectivity index (χ2n) is 4.46. The molecule has 0 aliphatic rings. The molecule has 0 spiro atoms. The highest BCUT2D eigenvalue weighted by Gasteiger charge is 2.27. The van der Waals surface area contributed by atoms with Gasteiger partial charge in [0.05, 0.1) is 11.9 Å². The van der Waals surface area contributed by atoms with Gasteiger partial charge >= 0.3 is 5.97 Å². The molecule has 0 unspecified atom stereocenters. The maximum Gasteiger partial charge on any atom is 0.356 e. The van der Waals surface area contributed by atoms with E-state index in [-0.39, 0.29) is 11.2 Å². The normalized spacial score (nSPS) is 14.1. The molecular formula is C14H16N2O2. The highest BCUT2D eigenvalue weighted by Crippen LogP contribution is 2.29. The summed E-state index contributed by atoms with van der Waals surface area (Å²) in [5.41, 5.74) is 0.939. The molecule has 2 aromatic rings. The van der Waals surface area contributed by atoms with Crippen LogP contribution in [0.15, 0.2) is 42.9 Å². The summed E-state index contributed by atoms with van der Waals surface area (Å²) in [6.07, 6.45) is 4.02. The molecule has 0 amide bonds. The molecule has 0 aliphatic carbocycles. The van der Waals surface area contributed by atoms with Gasteiger partial charge in [-0.1, -0.05) is 37.3 Å². The van der Waals surface area contributed by atoms with Gasteiger partial charge < -0.3 is 9.67 Å². The van der Waals surface area contributed by atoms with E-state index in [1.54, 1.807) is 12.5 Å². The van der Waals surface area contributed by atoms with Crippen LogP contribution >= 0.6 is 0 Å². The summed E-state index contributed by atoms with van der Waals surface area (Å²) in [7, 11) is 0. The van der Waals surface area contributed by atoms with E-state index in [0.29, 0.717) is 0 Å². The minimum absolute atomic E-state index is 0.0746. The van der Waals surface area contributed by atoms with E-state index < -0.39 is 5.97 Å². The van der Waals surface area contributed by atoms with Crippen molar-refractivity contribution in [3.05, 3.63) is 54.1 Å². The van der Waals surface area contributed by atoms with Crippen molar-refractivity contribution in [1.82, 2.24) is 9.55 Å². The topological polar surface area (TPSA) is 55.1 Å². The predicted molar refractivity (Wildman–Crippen MR) is 68.7 cm³/mol. The molecule has 18 heavy (non-hydrogen) atoms. The lowest BCUT2D eigenvalue weighted by Crippen LogP contribution is -2.29. The van der Waals surface area contributed by atoms with Crippen LogP contribution in [0.5, 0.6) is 0 Å². The molecule has 0 saturated carbocycles. The SMILES string of the molecule is CC[C@](C)(c1ccccc1)n1cnc(C(=O)O)c1. The Morgan fingerprint density at radius 1 is 1.39 bits per heavy atom. The molecule has 2 rings (SSSR count). The summed E-state index contributed by atoms with van der Waals surface area (Å²) in [6, 6.07) is 10.0. The number of aromatic nitrogens is 2. The van der Waals surface area contributed by atoms with Crippen molar-refractivity contribution in [2.45, 2.75) is 25.8 Å². The van der Waals surface area contributed by atoms with Crippen molar-refractivity contribution >= 4 is 5.97 Å². The summed E-state index contributed by atoms with van der Waals surface area (Å²) < 4.78 is 1.87. The second kappa shape index (κ2) is 4.64. The first-order valence-electron chi connectivity index (χ1n) is 5.91. The van der Waals surface area contributed by atoms with Gasteiger partial charge in [-0.25, -0.2) is 9.78 Å². The first kappa shape index (κ1) is 12.4. The Morgan fingerprint density at radius 2 is 2.06 bits per heavy atom. The predicted octanol–water partition coefficient (Wildman–Crippen LogP) is 2.75. The Balaban J connectivity index is 2.46. The molecule has 4 heteroatoms. The summed E-state index contributed by atoms with van der Waals surface area (Å²) >= 11 is 0. The smallest absolute Gasteiger partial charge is 0.356 e. The van der Waals surface area contributed by atoms with Gasteiger partial charge in [0.1, 0.15) is 0 Å². The highest BCUT2D eigenvalue weighted by molar-refractivity contribution is 5.84. The van der Waals surface area contributed by atoms with Crippen molar-refractivity contribution in [3.63, 3.8) is 0 Å². The van der Waals surface area contributed by atoms with Crippen LogP contribution in [0.3, 0.4) is 0 Å². The minimum Gasteiger partial charge on any atom is -0.476 e. The maximum atomic E-state index is 10.9. The molecule has 1 heterocycles. The standard InChI is InChI=1S/C14H16N2O2/c1-3-14(2,11-7-5-4-6-8-11)16-9-12(13(17)18)15-10-16/h4-10H,3H2,1-2H3,(H,17,18)/t14-/m1/s1. The van der Waals surface area contributed by atoms with Gasteiger partial charge in [0.25, 0.3) is 0 Å². The lowest BCUT2D eigenvalue weighted by atomic mass is 9.89. The molecule has 4 nitrogen and oxygen atoms in total. The molecule has 0 radical (unpaired) electrons. The average Bonchev–Trinajstić information content (AvgIpc) is 2.89. The van der Waals surface area contributed by atoms with Crippen LogP contribution in [-0.4, -0.2) is 20.6 Å². The van der Waals surface area contributed by atoms with Crippen LogP contribution < -0.4 is 0 Å². The number of hydrogen-bond donors (Lipinski definition) is 1. The van der Waals surface area contributed by atoms with Crippen LogP contribution in [0.1, 0.15) is 36.3 Å². The van der Waals surface area contributed by atoms with Crippen LogP contribution in [0.2, 0.25) is 0 Å². The molecule has 0 aliphatic heterocycles. The monoisotopic (exact) mass is 244 g/mol. The number of carbonyl (C=O) groups is 1. The molecule has 1 aromatic carbocycles. The molecule has 0 fully saturated rings. The first-order valence-corrected chi connectivity index (χ1v) is 5.91. The van der Waals surface area contributed by atoms with Crippen LogP contribution in [0.4, 0.5) is 0 Å². The van der Waals surface area contributed by atoms with E-state index in [2.05, 4.69) is 18.8 Å². The summed E-state index contributed by atoms with van der Waals surface area (Å²) in [6.45, 7) is 4.16. The van der Waals surface area contributed by atoms with Crippen molar-refractivity contribution in [2.24, 2.45) is 0 Å². The van der Waals surface area contributed by atoms with E-state index in [0.717, 1.165) is 12.0 Å². The van der Waals surface area contributed by atoms with Gasteiger partial charge in [-0.05, 0) is 18.9 Å². The molecule has 94 valence electrons. The molecule has 1 aromatic heterocycles. The quantitative estimate of drug-likeness (QED) is 0.899. The lowest BCUT2D eigenvalue weighted by molar-refractivity contribution is 0.0691. The van der Waals surface area contributed by atoms with Crippen molar-refractivity contribution in [2.75, 3.05) is 0 Å². The fourth-order valence-electron chi connectivity index (χ4n) is 2.04. The van der Waals surface area contributed by atoms with Gasteiger partial charge in [-0.3, -0.25) is 0 Å². The second-order valence-corrected chi connectivity index (χ2v) is 4.46. The van der Waals surface area contributed by atoms with E-state index in [9.17, 15) is 4.79 Å². The Morgan fingerprint density at radius 3 is 2.56 bits per heavy atom. The third kappa shape index (κ3) is 2.01. The molecule has 1 N–H and O–H groups in total. The summed E-state index contributed by atoms with van der Waals surface area (Å²) in [4.78, 5) is 14.8. The number of carboxylic acids is 1. The fraction of sp³-hybridized carbons (Fsp3) is 0.286. The van der Waals surface area contributed by atoms with Crippen LogP contribution in [-0.2, 0) is 5.54 Å². The van der Waals surface area contributed by atoms with Crippen molar-refractivity contribution < 1.29 is 9.90 Å². The Kier molecular flexibility index (Phi) is 3.19. The van der Waals surface area contributed by atoms with Crippen molar-refractivity contribution in [1.29, 1.82) is 0 Å². The largest absolute Gasteiger partial charge is 0.476 e. The highest BCUT2D eigenvalue weighted by atomic mass is 16.4. The summed E-state index contributed by atoms with van der Waals surface area (Å²) in [5, 5.41) is 8.93. The van der Waals surface area contributed by atoms with E-state index in [4.69, 9.17) is 5.11 Å². The number of hydrogen-bond acceptors (Lipinski definition) is 2. The Labute approximate surface area is 106 Å². The number of aromatic carboxylic acids is 1. The number of carboxylic acid groups (broad SMARTS) is 1. The third-order valence-electron chi connectivity index (χ3n) is 3.46. The number of rotatable bonds is 4. The molecule has 0 bridgehead atoms. The van der Waals surface area contributed by atoms with Crippen LogP contribution in [0.25, 0.3) is 0 Å². The lowest BCUT2D eigenvalue weighted by Gasteiger charge is -2.30. The van der Waals surface area contributed by atoms with E-state index >= 15 is 0 Å². The zero-order valence-corrected chi connectivity index (χ0v) is 10.5. The van der Waals surface area contributed by atoms with Gasteiger partial charge in [-0.15, -0.1) is 0 Å². The van der Waals surface area contributed by atoms with Crippen molar-refractivity contribution in [3.8, 4) is 0 Å². The van der Waals surface area contributed by atoms with Gasteiger partial charge in [0.15, 0.2) is 5.69 Å². The molecular weight excluding hydrogens is 228 g/mol. The van der Waals surface area contributed by atoms with E-state index in [1.165, 1.54) is 0 Å². The number of nitrogens with zero attached hydrogens (tertiary/aromatic N) is 2. The van der Waals surface area contributed by atoms with Gasteiger partial charge in [0, 0.05) is 6.20 Å². The third-order valence-corrected chi connectivity index (χ3v) is 3.46. The average molecular weight is 244 g/mol. The van der Waals surface area contributed by atoms with Crippen LogP contribution in [0, 0.1) is 0 Å². The summed E-state index contributed by atoms with van der Waals surface area (Å²) in [5.74, 6) is -1.000. The minimum atomic E-state index is -1.000. The zero-order chi connectivity index (χ0) is 13.2. The molecule has 0 saturated heterocycles. The fourth-order valence-corrected chi connectivity index (χ4v) is 2.04. The maximum absolute atomic E-state index is 10.9. The number of imidazole rings is 1. The Bertz CT molecular complexity index is 548. The van der Waals surface area contributed by atoms with Gasteiger partial charge in [0.2, 0.25) is 0 Å².